The van der Waals surface area contributed by atoms with Crippen molar-refractivity contribution < 1.29 is 19.4 Å². The van der Waals surface area contributed by atoms with Crippen LogP contribution in [0.4, 0.5) is 0 Å². The van der Waals surface area contributed by atoms with Crippen molar-refractivity contribution in [2.75, 3.05) is 0 Å². The quantitative estimate of drug-likeness (QED) is 0.646. The Hall–Kier alpha value is -1.88. The number of esters is 1. The van der Waals surface area contributed by atoms with Gasteiger partial charge in [-0.1, -0.05) is 32.3 Å². The van der Waals surface area contributed by atoms with Crippen LogP contribution in [0.2, 0.25) is 0 Å². The van der Waals surface area contributed by atoms with Crippen LogP contribution in [0.3, 0.4) is 0 Å². The molecule has 25 heavy (non-hydrogen) atoms. The van der Waals surface area contributed by atoms with Crippen molar-refractivity contribution >= 4 is 11.9 Å². The Morgan fingerprint density at radius 2 is 2.08 bits per heavy atom. The smallest absolute Gasteiger partial charge is 0.311 e. The van der Waals surface area contributed by atoms with Gasteiger partial charge >= 0.3 is 11.9 Å². The van der Waals surface area contributed by atoms with Gasteiger partial charge in [0, 0.05) is 11.5 Å². The summed E-state index contributed by atoms with van der Waals surface area (Å²) in [5.41, 5.74) is 9.07. The maximum Gasteiger partial charge on any atom is 0.311 e. The van der Waals surface area contributed by atoms with Crippen LogP contribution in [0, 0.1) is 5.92 Å². The van der Waals surface area contributed by atoms with Crippen LogP contribution in [0.5, 0.6) is 5.75 Å². The molecule has 3 N–H and O–H groups in total. The van der Waals surface area contributed by atoms with Crippen molar-refractivity contribution in [2.24, 2.45) is 11.7 Å². The third kappa shape index (κ3) is 3.71. The summed E-state index contributed by atoms with van der Waals surface area (Å²) >= 11 is 0. The van der Waals surface area contributed by atoms with E-state index in [9.17, 15) is 9.59 Å². The molecule has 136 valence electrons. The molecule has 1 aromatic rings. The summed E-state index contributed by atoms with van der Waals surface area (Å²) in [6.07, 6.45) is 6.55. The van der Waals surface area contributed by atoms with E-state index in [1.54, 1.807) is 0 Å². The molecule has 0 aromatic heterocycles. The summed E-state index contributed by atoms with van der Waals surface area (Å²) in [6, 6.07) is 5.94. The lowest BCUT2D eigenvalue weighted by Gasteiger charge is -2.47. The number of hydrogen-bond donors (Lipinski definition) is 2. The molecule has 5 nitrogen and oxygen atoms in total. The molecule has 1 saturated carbocycles. The summed E-state index contributed by atoms with van der Waals surface area (Å²) in [7, 11) is 0. The van der Waals surface area contributed by atoms with Gasteiger partial charge in [0.2, 0.25) is 0 Å². The number of fused-ring (bicyclic) bond motifs is 4. The Morgan fingerprint density at radius 1 is 1.28 bits per heavy atom. The zero-order chi connectivity index (χ0) is 18.0. The van der Waals surface area contributed by atoms with Crippen molar-refractivity contribution in [3.05, 3.63) is 29.3 Å². The maximum atomic E-state index is 11.8. The first-order valence-electron chi connectivity index (χ1n) is 9.21. The number of ether oxygens (including phenoxy) is 1. The van der Waals surface area contributed by atoms with Crippen molar-refractivity contribution in [1.82, 2.24) is 0 Å². The summed E-state index contributed by atoms with van der Waals surface area (Å²) in [5, 5.41) is 8.68. The molecular weight excluding hydrogens is 318 g/mol. The van der Waals surface area contributed by atoms with Gasteiger partial charge in [0.25, 0.3) is 0 Å². The van der Waals surface area contributed by atoms with E-state index in [2.05, 4.69) is 6.92 Å². The topological polar surface area (TPSA) is 89.6 Å². The lowest BCUT2D eigenvalue weighted by atomic mass is 9.60. The van der Waals surface area contributed by atoms with Gasteiger partial charge in [0.15, 0.2) is 0 Å². The highest BCUT2D eigenvalue weighted by Crippen LogP contribution is 2.46. The van der Waals surface area contributed by atoms with E-state index in [0.29, 0.717) is 11.7 Å². The fraction of sp³-hybridized carbons (Fsp3) is 0.600. The molecule has 0 heterocycles. The van der Waals surface area contributed by atoms with Crippen LogP contribution in [0.1, 0.15) is 63.0 Å². The lowest BCUT2D eigenvalue weighted by molar-refractivity contribution is -0.142. The van der Waals surface area contributed by atoms with Gasteiger partial charge in [0.05, 0.1) is 12.8 Å². The molecule has 1 aromatic carbocycles. The summed E-state index contributed by atoms with van der Waals surface area (Å²) < 4.78 is 5.36. The van der Waals surface area contributed by atoms with E-state index < -0.39 is 11.9 Å². The van der Waals surface area contributed by atoms with E-state index in [4.69, 9.17) is 15.6 Å². The second kappa shape index (κ2) is 7.16. The number of rotatable bonds is 4. The Morgan fingerprint density at radius 3 is 2.84 bits per heavy atom. The van der Waals surface area contributed by atoms with E-state index in [1.165, 1.54) is 36.8 Å². The fourth-order valence-electron chi connectivity index (χ4n) is 4.49. The molecule has 0 radical (unpaired) electrons. The van der Waals surface area contributed by atoms with Gasteiger partial charge in [0.1, 0.15) is 5.75 Å². The SMILES string of the molecule is C[C@@]12CCCCC[C@@H](Cc3ccc(OC(=O)CCC(=O)O)cc31)[C@@H]2N. The van der Waals surface area contributed by atoms with Gasteiger partial charge < -0.3 is 15.6 Å². The number of carbonyl (C=O) groups excluding carboxylic acids is 1. The monoisotopic (exact) mass is 345 g/mol. The maximum absolute atomic E-state index is 11.8. The zero-order valence-corrected chi connectivity index (χ0v) is 14.8. The predicted molar refractivity (Wildman–Crippen MR) is 94.6 cm³/mol. The fourth-order valence-corrected chi connectivity index (χ4v) is 4.49. The Bertz CT molecular complexity index is 672. The van der Waals surface area contributed by atoms with Crippen LogP contribution in [0.15, 0.2) is 18.2 Å². The zero-order valence-electron chi connectivity index (χ0n) is 14.8. The van der Waals surface area contributed by atoms with Crippen LogP contribution in [-0.2, 0) is 21.4 Å². The van der Waals surface area contributed by atoms with E-state index in [1.807, 2.05) is 18.2 Å². The molecule has 5 heteroatoms. The standard InChI is InChI=1S/C20H27NO4/c1-20-10-4-2-3-5-14(19(20)21)11-13-6-7-15(12-16(13)20)25-18(24)9-8-17(22)23/h6-7,12,14,19H,2-5,8-11,21H2,1H3,(H,22,23)/t14-,19-,20+/m0/s1. The summed E-state index contributed by atoms with van der Waals surface area (Å²) in [6.45, 7) is 2.24. The molecule has 0 saturated heterocycles. The molecule has 0 spiro atoms. The highest BCUT2D eigenvalue weighted by atomic mass is 16.5. The first-order chi connectivity index (χ1) is 11.9. The van der Waals surface area contributed by atoms with Crippen molar-refractivity contribution in [3.63, 3.8) is 0 Å². The number of carboxylic acids is 1. The average molecular weight is 345 g/mol. The van der Waals surface area contributed by atoms with Gasteiger partial charge in [-0.3, -0.25) is 9.59 Å². The number of hydrogen-bond acceptors (Lipinski definition) is 4. The molecule has 2 aliphatic carbocycles. The van der Waals surface area contributed by atoms with Gasteiger partial charge in [-0.15, -0.1) is 0 Å². The normalized spacial score (nSPS) is 28.4. The van der Waals surface area contributed by atoms with Crippen LogP contribution in [0.25, 0.3) is 0 Å². The van der Waals surface area contributed by atoms with Crippen molar-refractivity contribution in [2.45, 2.75) is 69.7 Å². The van der Waals surface area contributed by atoms with Crippen molar-refractivity contribution in [3.8, 4) is 5.75 Å². The molecule has 0 aliphatic heterocycles. The molecule has 3 rings (SSSR count). The molecule has 0 unspecified atom stereocenters. The Labute approximate surface area is 148 Å². The van der Waals surface area contributed by atoms with E-state index in [0.717, 1.165) is 12.8 Å². The highest BCUT2D eigenvalue weighted by Gasteiger charge is 2.43. The molecule has 3 atom stereocenters. The van der Waals surface area contributed by atoms with Gasteiger partial charge in [-0.25, -0.2) is 0 Å². The number of carboxylic acid groups (broad SMARTS) is 1. The van der Waals surface area contributed by atoms with Crippen LogP contribution >= 0.6 is 0 Å². The minimum absolute atomic E-state index is 0.0951. The number of benzene rings is 1. The Kier molecular flexibility index (Phi) is 5.13. The molecule has 2 bridgehead atoms. The predicted octanol–water partition coefficient (Wildman–Crippen LogP) is 3.18. The minimum atomic E-state index is -0.999. The van der Waals surface area contributed by atoms with Crippen LogP contribution < -0.4 is 10.5 Å². The lowest BCUT2D eigenvalue weighted by Crippen LogP contribution is -2.52. The van der Waals surface area contributed by atoms with Gasteiger partial charge in [-0.05, 0) is 48.4 Å². The first-order valence-corrected chi connectivity index (χ1v) is 9.21. The molecule has 2 aliphatic rings. The number of nitrogens with two attached hydrogens (primary N) is 1. The van der Waals surface area contributed by atoms with Crippen LogP contribution in [-0.4, -0.2) is 23.1 Å². The summed E-state index contributed by atoms with van der Waals surface area (Å²) in [5.74, 6) is -0.505. The third-order valence-electron chi connectivity index (χ3n) is 5.97. The molecule has 1 fully saturated rings. The van der Waals surface area contributed by atoms with Gasteiger partial charge in [-0.2, -0.15) is 0 Å². The van der Waals surface area contributed by atoms with E-state index in [-0.39, 0.29) is 24.3 Å². The highest BCUT2D eigenvalue weighted by molar-refractivity contribution is 5.78. The number of carbonyl (C=O) groups is 2. The average Bonchev–Trinajstić information content (AvgIpc) is 2.57. The van der Waals surface area contributed by atoms with Crippen molar-refractivity contribution in [1.29, 1.82) is 0 Å². The second-order valence-electron chi connectivity index (χ2n) is 7.69. The third-order valence-corrected chi connectivity index (χ3v) is 5.97. The largest absolute Gasteiger partial charge is 0.481 e. The first kappa shape index (κ1) is 17.9. The molecule has 0 amide bonds. The summed E-state index contributed by atoms with van der Waals surface area (Å²) in [4.78, 5) is 22.4. The minimum Gasteiger partial charge on any atom is -0.481 e. The van der Waals surface area contributed by atoms with E-state index >= 15 is 0 Å². The molecular formula is C20H27NO4. The Balaban J connectivity index is 1.84. The second-order valence-corrected chi connectivity index (χ2v) is 7.69. The number of aliphatic carboxylic acids is 1.